The number of hydrogen-bond donors (Lipinski definition) is 3. The summed E-state index contributed by atoms with van der Waals surface area (Å²) in [7, 11) is 0. The number of rotatable bonds is 10. The lowest BCUT2D eigenvalue weighted by Gasteiger charge is -2.11. The Balaban J connectivity index is 1.51. The van der Waals surface area contributed by atoms with Gasteiger partial charge in [0.25, 0.3) is 0 Å². The highest BCUT2D eigenvalue weighted by Gasteiger charge is 2.15. The largest absolute Gasteiger partial charge is 0.359 e. The first-order valence-corrected chi connectivity index (χ1v) is 13.8. The van der Waals surface area contributed by atoms with Gasteiger partial charge in [-0.15, -0.1) is 11.3 Å². The average Bonchev–Trinajstić information content (AvgIpc) is 3.66. The van der Waals surface area contributed by atoms with Gasteiger partial charge in [-0.25, -0.2) is 4.98 Å². The zero-order valence-corrected chi connectivity index (χ0v) is 23.0. The number of hydrogen-bond acceptors (Lipinski definition) is 4. The summed E-state index contributed by atoms with van der Waals surface area (Å²) in [4.78, 5) is 10.8. The first kappa shape index (κ1) is 25.5. The molecule has 6 heteroatoms. The second-order valence-electron chi connectivity index (χ2n) is 9.43. The molecule has 0 saturated carbocycles. The third-order valence-corrected chi connectivity index (χ3v) is 7.71. The van der Waals surface area contributed by atoms with E-state index in [2.05, 4.69) is 107 Å². The van der Waals surface area contributed by atoms with Crippen LogP contribution >= 0.6 is 11.3 Å². The van der Waals surface area contributed by atoms with Gasteiger partial charge in [0.2, 0.25) is 0 Å². The number of aromatic nitrogens is 4. The molecule has 4 heterocycles. The molecule has 5 nitrogen and oxygen atoms in total. The molecule has 0 amide bonds. The van der Waals surface area contributed by atoms with Crippen LogP contribution in [0.4, 0.5) is 0 Å². The van der Waals surface area contributed by atoms with Crippen LogP contribution in [-0.2, 0) is 0 Å². The fourth-order valence-electron chi connectivity index (χ4n) is 4.65. The number of benzene rings is 1. The van der Waals surface area contributed by atoms with Crippen LogP contribution in [0.3, 0.4) is 0 Å². The Morgan fingerprint density at radius 3 is 2.76 bits per heavy atom. The van der Waals surface area contributed by atoms with Gasteiger partial charge >= 0.3 is 0 Å². The lowest BCUT2D eigenvalue weighted by atomic mass is 10.0. The molecule has 0 fully saturated rings. The Hall–Kier alpha value is -4.16. The number of nitrogens with one attached hydrogen (secondary N) is 3. The minimum atomic E-state index is 0.686. The van der Waals surface area contributed by atoms with Gasteiger partial charge in [0.1, 0.15) is 0 Å². The average molecular weight is 520 g/mol. The number of thiophene rings is 1. The second-order valence-corrected chi connectivity index (χ2v) is 10.7. The molecule has 0 unspecified atom stereocenters. The van der Waals surface area contributed by atoms with E-state index in [9.17, 15) is 0 Å². The van der Waals surface area contributed by atoms with Gasteiger partial charge in [0.15, 0.2) is 5.65 Å². The maximum absolute atomic E-state index is 4.66. The number of aryl methyl sites for hydroxylation is 1. The molecular weight excluding hydrogens is 486 g/mol. The summed E-state index contributed by atoms with van der Waals surface area (Å²) in [5.74, 6) is 0. The molecule has 0 aliphatic heterocycles. The number of allylic oxidation sites excluding steroid dienone is 5. The van der Waals surface area contributed by atoms with Crippen LogP contribution in [0, 0.1) is 6.92 Å². The van der Waals surface area contributed by atoms with E-state index in [-0.39, 0.29) is 0 Å². The topological polar surface area (TPSA) is 69.4 Å². The highest BCUT2D eigenvalue weighted by molar-refractivity contribution is 7.15. The summed E-state index contributed by atoms with van der Waals surface area (Å²) in [5.41, 5.74) is 8.89. The van der Waals surface area contributed by atoms with Crippen molar-refractivity contribution in [3.8, 4) is 21.8 Å². The third kappa shape index (κ3) is 5.13. The molecule has 0 aliphatic carbocycles. The van der Waals surface area contributed by atoms with E-state index in [1.54, 1.807) is 0 Å². The molecule has 0 aliphatic rings. The van der Waals surface area contributed by atoms with Gasteiger partial charge < -0.3 is 10.3 Å². The van der Waals surface area contributed by atoms with Crippen LogP contribution in [0.15, 0.2) is 91.4 Å². The van der Waals surface area contributed by atoms with Crippen molar-refractivity contribution in [3.05, 3.63) is 102 Å². The standard InChI is InChI=1S/C32H33N5S/c1-6-9-11-20(4)34-24(8-3)16-22(7-2)23-17-27-31(36-37-32(27)33-19-23)29-18-26-25(12-10-13-28(26)35-29)30-15-14-21(5)38-30/h7-8,10,12-19,34-35H,3-4,6,9,11H2,1-2,5H3,(H,33,36,37)/b22-7+,24-16+. The van der Waals surface area contributed by atoms with E-state index in [1.165, 1.54) is 20.7 Å². The van der Waals surface area contributed by atoms with Crippen LogP contribution in [0.5, 0.6) is 0 Å². The predicted octanol–water partition coefficient (Wildman–Crippen LogP) is 8.91. The predicted molar refractivity (Wildman–Crippen MR) is 163 cm³/mol. The van der Waals surface area contributed by atoms with Crippen molar-refractivity contribution >= 4 is 38.8 Å². The molecule has 5 rings (SSSR count). The zero-order valence-electron chi connectivity index (χ0n) is 22.2. The minimum absolute atomic E-state index is 0.686. The molecule has 0 radical (unpaired) electrons. The van der Waals surface area contributed by atoms with E-state index < -0.39 is 0 Å². The molecule has 0 bridgehead atoms. The van der Waals surface area contributed by atoms with Crippen molar-refractivity contribution in [2.24, 2.45) is 0 Å². The highest BCUT2D eigenvalue weighted by atomic mass is 32.1. The number of fused-ring (bicyclic) bond motifs is 2. The first-order valence-electron chi connectivity index (χ1n) is 13.0. The maximum atomic E-state index is 4.66. The van der Waals surface area contributed by atoms with Gasteiger partial charge in [0, 0.05) is 54.8 Å². The van der Waals surface area contributed by atoms with Gasteiger partial charge in [-0.3, -0.25) is 5.10 Å². The zero-order chi connectivity index (χ0) is 26.6. The number of nitrogens with zero attached hydrogens (tertiary/aromatic N) is 2. The van der Waals surface area contributed by atoms with Crippen molar-refractivity contribution in [2.75, 3.05) is 0 Å². The van der Waals surface area contributed by atoms with Crippen LogP contribution in [-0.4, -0.2) is 20.2 Å². The SMILES string of the molecule is C=C/C(=C\C(=C/C)c1cnc2n[nH]c(-c3cc4c(-c5ccc(C)s5)cccc4[nH]3)c2c1)NC(=C)CCCC. The number of pyridine rings is 1. The molecule has 0 spiro atoms. The molecule has 5 aromatic rings. The van der Waals surface area contributed by atoms with Gasteiger partial charge in [-0.1, -0.05) is 44.7 Å². The Morgan fingerprint density at radius 2 is 2.03 bits per heavy atom. The summed E-state index contributed by atoms with van der Waals surface area (Å²) in [6.45, 7) is 14.5. The number of H-pyrrole nitrogens is 2. The van der Waals surface area contributed by atoms with Crippen LogP contribution < -0.4 is 5.32 Å². The molecule has 0 saturated heterocycles. The second kappa shape index (κ2) is 11.1. The Morgan fingerprint density at radius 1 is 1.16 bits per heavy atom. The Labute approximate surface area is 227 Å². The molecule has 1 aromatic carbocycles. The summed E-state index contributed by atoms with van der Waals surface area (Å²) in [6.07, 6.45) is 11.1. The van der Waals surface area contributed by atoms with Crippen molar-refractivity contribution in [1.29, 1.82) is 0 Å². The smallest absolute Gasteiger partial charge is 0.181 e. The molecule has 38 heavy (non-hydrogen) atoms. The Kier molecular flexibility index (Phi) is 7.43. The van der Waals surface area contributed by atoms with E-state index in [1.807, 2.05) is 30.5 Å². The number of aromatic amines is 2. The number of unbranched alkanes of at least 4 members (excludes halogenated alkanes) is 1. The van der Waals surface area contributed by atoms with E-state index >= 15 is 0 Å². The van der Waals surface area contributed by atoms with Crippen molar-refractivity contribution in [1.82, 2.24) is 25.5 Å². The summed E-state index contributed by atoms with van der Waals surface area (Å²) < 4.78 is 0. The third-order valence-electron chi connectivity index (χ3n) is 6.68. The van der Waals surface area contributed by atoms with E-state index in [4.69, 9.17) is 0 Å². The minimum Gasteiger partial charge on any atom is -0.359 e. The summed E-state index contributed by atoms with van der Waals surface area (Å²) in [6, 6.07) is 15.1. The molecule has 4 aromatic heterocycles. The van der Waals surface area contributed by atoms with Crippen LogP contribution in [0.25, 0.3) is 49.3 Å². The quantitative estimate of drug-likeness (QED) is 0.161. The lowest BCUT2D eigenvalue weighted by molar-refractivity contribution is 0.751. The molecule has 0 atom stereocenters. The van der Waals surface area contributed by atoms with E-state index in [0.717, 1.165) is 64.1 Å². The normalized spacial score (nSPS) is 12.4. The Bertz CT molecular complexity index is 1690. The summed E-state index contributed by atoms with van der Waals surface area (Å²) in [5, 5.41) is 13.3. The van der Waals surface area contributed by atoms with Gasteiger partial charge in [-0.05, 0) is 74.7 Å². The molecular formula is C32H33N5S. The first-order chi connectivity index (χ1) is 18.5. The van der Waals surface area contributed by atoms with E-state index in [0.29, 0.717) is 5.65 Å². The van der Waals surface area contributed by atoms with Crippen LogP contribution in [0.1, 0.15) is 43.6 Å². The highest BCUT2D eigenvalue weighted by Crippen LogP contribution is 2.37. The van der Waals surface area contributed by atoms with Crippen molar-refractivity contribution < 1.29 is 0 Å². The van der Waals surface area contributed by atoms with Gasteiger partial charge in [0.05, 0.1) is 11.4 Å². The van der Waals surface area contributed by atoms with Gasteiger partial charge in [-0.2, -0.15) is 5.10 Å². The van der Waals surface area contributed by atoms with Crippen LogP contribution in [0.2, 0.25) is 0 Å². The molecule has 192 valence electrons. The fourth-order valence-corrected chi connectivity index (χ4v) is 5.56. The fraction of sp³-hybridized carbons (Fsp3) is 0.188. The monoisotopic (exact) mass is 519 g/mol. The summed E-state index contributed by atoms with van der Waals surface area (Å²) >= 11 is 1.81. The van der Waals surface area contributed by atoms with Crippen molar-refractivity contribution in [3.63, 3.8) is 0 Å². The lowest BCUT2D eigenvalue weighted by Crippen LogP contribution is -2.10. The maximum Gasteiger partial charge on any atom is 0.181 e. The van der Waals surface area contributed by atoms with Crippen molar-refractivity contribution in [2.45, 2.75) is 40.0 Å². The molecule has 3 N–H and O–H groups in total.